The van der Waals surface area contributed by atoms with Crippen molar-refractivity contribution < 1.29 is 9.90 Å². The second-order valence-corrected chi connectivity index (χ2v) is 6.35. The lowest BCUT2D eigenvalue weighted by Gasteiger charge is -2.24. The molecule has 0 heterocycles. The second-order valence-electron chi connectivity index (χ2n) is 5.50. The van der Waals surface area contributed by atoms with E-state index < -0.39 is 5.60 Å². The van der Waals surface area contributed by atoms with E-state index in [9.17, 15) is 9.90 Å². The van der Waals surface area contributed by atoms with Crippen LogP contribution in [0, 0.1) is 6.92 Å². The quantitative estimate of drug-likeness (QED) is 0.872. The Morgan fingerprint density at radius 1 is 1.47 bits per heavy atom. The average Bonchev–Trinajstić information content (AvgIpc) is 2.20. The van der Waals surface area contributed by atoms with Gasteiger partial charge >= 0.3 is 0 Å². The van der Waals surface area contributed by atoms with Gasteiger partial charge in [-0.15, -0.1) is 0 Å². The third-order valence-corrected chi connectivity index (χ3v) is 3.40. The van der Waals surface area contributed by atoms with Crippen LogP contribution in [0.25, 0.3) is 0 Å². The number of benzene rings is 1. The average molecular weight is 329 g/mol. The van der Waals surface area contributed by atoms with Crippen molar-refractivity contribution in [1.29, 1.82) is 0 Å². The number of nitrogens with one attached hydrogen (secondary N) is 1. The summed E-state index contributed by atoms with van der Waals surface area (Å²) in [6, 6.07) is 5.68. The van der Waals surface area contributed by atoms with Crippen LogP contribution < -0.4 is 5.32 Å². The predicted octanol–water partition coefficient (Wildman–Crippen LogP) is 2.40. The van der Waals surface area contributed by atoms with Crippen LogP contribution >= 0.6 is 15.9 Å². The third kappa shape index (κ3) is 6.18. The highest BCUT2D eigenvalue weighted by atomic mass is 79.9. The molecule has 0 fully saturated rings. The molecule has 0 radical (unpaired) electrons. The fourth-order valence-electron chi connectivity index (χ4n) is 1.88. The summed E-state index contributed by atoms with van der Waals surface area (Å²) in [4.78, 5) is 13.7. The summed E-state index contributed by atoms with van der Waals surface area (Å²) in [5.74, 6) is -0.0894. The molecule has 0 aromatic heterocycles. The summed E-state index contributed by atoms with van der Waals surface area (Å²) >= 11 is 3.42. The third-order valence-electron chi connectivity index (χ3n) is 2.51. The van der Waals surface area contributed by atoms with Gasteiger partial charge in [0.1, 0.15) is 0 Å². The lowest BCUT2D eigenvalue weighted by molar-refractivity contribution is -0.117. The molecule has 1 amide bonds. The monoisotopic (exact) mass is 328 g/mol. The molecule has 5 heteroatoms. The number of aliphatic hydroxyl groups is 1. The molecule has 0 unspecified atom stereocenters. The number of likely N-dealkylation sites (N-methyl/N-ethyl adjacent to an activating group) is 1. The molecule has 0 spiro atoms. The molecule has 1 aromatic rings. The van der Waals surface area contributed by atoms with E-state index in [2.05, 4.69) is 21.2 Å². The molecule has 0 aliphatic rings. The van der Waals surface area contributed by atoms with Crippen LogP contribution in [0.5, 0.6) is 0 Å². The maximum Gasteiger partial charge on any atom is 0.238 e. The normalized spacial score (nSPS) is 11.7. The van der Waals surface area contributed by atoms with Gasteiger partial charge in [-0.1, -0.05) is 15.9 Å². The minimum Gasteiger partial charge on any atom is -0.389 e. The van der Waals surface area contributed by atoms with Crippen molar-refractivity contribution >= 4 is 27.5 Å². The summed E-state index contributed by atoms with van der Waals surface area (Å²) in [7, 11) is 1.81. The largest absolute Gasteiger partial charge is 0.389 e. The van der Waals surface area contributed by atoms with E-state index in [4.69, 9.17) is 0 Å². The molecule has 0 atom stereocenters. The number of hydrogen-bond acceptors (Lipinski definition) is 3. The summed E-state index contributed by atoms with van der Waals surface area (Å²) in [5, 5.41) is 12.5. The van der Waals surface area contributed by atoms with Crippen molar-refractivity contribution in [2.24, 2.45) is 0 Å². The first-order valence-electron chi connectivity index (χ1n) is 6.14. The summed E-state index contributed by atoms with van der Waals surface area (Å²) in [6.07, 6.45) is 0. The molecule has 0 saturated heterocycles. The molecule has 0 aliphatic heterocycles. The summed E-state index contributed by atoms with van der Waals surface area (Å²) in [5.41, 5.74) is 1.05. The summed E-state index contributed by atoms with van der Waals surface area (Å²) in [6.45, 7) is 6.11. The fraction of sp³-hybridized carbons (Fsp3) is 0.500. The Morgan fingerprint density at radius 2 is 2.11 bits per heavy atom. The summed E-state index contributed by atoms with van der Waals surface area (Å²) < 4.78 is 1.02. The van der Waals surface area contributed by atoms with Crippen molar-refractivity contribution in [3.8, 4) is 0 Å². The van der Waals surface area contributed by atoms with Gasteiger partial charge in [0.25, 0.3) is 0 Å². The predicted molar refractivity (Wildman–Crippen MR) is 81.3 cm³/mol. The van der Waals surface area contributed by atoms with Crippen LogP contribution in [0.15, 0.2) is 22.7 Å². The lowest BCUT2D eigenvalue weighted by atomic mass is 10.1. The molecule has 0 saturated carbocycles. The standard InChI is InChI=1S/C14H21BrN2O2/c1-10-7-11(5-6-12(10)15)16-13(18)8-17(4)9-14(2,3)19/h5-7,19H,8-9H2,1-4H3,(H,16,18). The lowest BCUT2D eigenvalue weighted by Crippen LogP contribution is -2.40. The smallest absolute Gasteiger partial charge is 0.238 e. The number of halogens is 1. The number of hydrogen-bond donors (Lipinski definition) is 2. The molecule has 19 heavy (non-hydrogen) atoms. The molecule has 0 bridgehead atoms. The van der Waals surface area contributed by atoms with Crippen LogP contribution in [0.1, 0.15) is 19.4 Å². The molecular formula is C14H21BrN2O2. The van der Waals surface area contributed by atoms with Gasteiger partial charge in [0.2, 0.25) is 5.91 Å². The van der Waals surface area contributed by atoms with Gasteiger partial charge in [-0.2, -0.15) is 0 Å². The first-order chi connectivity index (χ1) is 8.67. The minimum absolute atomic E-state index is 0.0894. The van der Waals surface area contributed by atoms with E-state index in [1.807, 2.05) is 32.2 Å². The number of aryl methyl sites for hydroxylation is 1. The van der Waals surface area contributed by atoms with E-state index in [0.29, 0.717) is 6.54 Å². The number of rotatable bonds is 5. The van der Waals surface area contributed by atoms with Gasteiger partial charge < -0.3 is 10.4 Å². The Kier molecular flexibility index (Phi) is 5.52. The fourth-order valence-corrected chi connectivity index (χ4v) is 2.13. The Balaban J connectivity index is 2.53. The number of carbonyl (C=O) groups is 1. The molecule has 0 aliphatic carbocycles. The molecule has 2 N–H and O–H groups in total. The van der Waals surface area contributed by atoms with E-state index in [0.717, 1.165) is 15.7 Å². The van der Waals surface area contributed by atoms with Gasteiger partial charge in [0.15, 0.2) is 0 Å². The van der Waals surface area contributed by atoms with Gasteiger partial charge in [-0.3, -0.25) is 9.69 Å². The van der Waals surface area contributed by atoms with Gasteiger partial charge in [0.05, 0.1) is 12.1 Å². The zero-order valence-electron chi connectivity index (χ0n) is 11.8. The number of anilines is 1. The number of amides is 1. The van der Waals surface area contributed by atoms with E-state index in [1.54, 1.807) is 18.7 Å². The first kappa shape index (κ1) is 16.1. The van der Waals surface area contributed by atoms with Crippen molar-refractivity contribution in [2.75, 3.05) is 25.5 Å². The van der Waals surface area contributed by atoms with Gasteiger partial charge in [-0.25, -0.2) is 0 Å². The Morgan fingerprint density at radius 3 is 2.63 bits per heavy atom. The topological polar surface area (TPSA) is 52.6 Å². The molecule has 1 rings (SSSR count). The highest BCUT2D eigenvalue weighted by molar-refractivity contribution is 9.10. The van der Waals surface area contributed by atoms with Crippen molar-refractivity contribution in [3.05, 3.63) is 28.2 Å². The van der Waals surface area contributed by atoms with Crippen LogP contribution in [0.2, 0.25) is 0 Å². The Hall–Kier alpha value is -0.910. The van der Waals surface area contributed by atoms with Crippen LogP contribution in [-0.4, -0.2) is 41.7 Å². The molecule has 106 valence electrons. The number of nitrogens with zero attached hydrogens (tertiary/aromatic N) is 1. The van der Waals surface area contributed by atoms with Crippen molar-refractivity contribution in [3.63, 3.8) is 0 Å². The molecular weight excluding hydrogens is 308 g/mol. The Bertz CT molecular complexity index is 455. The highest BCUT2D eigenvalue weighted by Crippen LogP contribution is 2.19. The van der Waals surface area contributed by atoms with E-state index >= 15 is 0 Å². The zero-order valence-corrected chi connectivity index (χ0v) is 13.4. The molecule has 1 aromatic carbocycles. The second kappa shape index (κ2) is 6.50. The maximum atomic E-state index is 11.9. The first-order valence-corrected chi connectivity index (χ1v) is 6.93. The maximum absolute atomic E-state index is 11.9. The van der Waals surface area contributed by atoms with Crippen LogP contribution in [0.3, 0.4) is 0 Å². The van der Waals surface area contributed by atoms with Crippen LogP contribution in [-0.2, 0) is 4.79 Å². The van der Waals surface area contributed by atoms with Crippen molar-refractivity contribution in [1.82, 2.24) is 4.90 Å². The minimum atomic E-state index is -0.802. The molecule has 4 nitrogen and oxygen atoms in total. The van der Waals surface area contributed by atoms with Crippen LogP contribution in [0.4, 0.5) is 5.69 Å². The highest BCUT2D eigenvalue weighted by Gasteiger charge is 2.17. The Labute approximate surface area is 122 Å². The van der Waals surface area contributed by atoms with Crippen molar-refractivity contribution in [2.45, 2.75) is 26.4 Å². The number of carbonyl (C=O) groups excluding carboxylic acids is 1. The van der Waals surface area contributed by atoms with E-state index in [-0.39, 0.29) is 12.5 Å². The van der Waals surface area contributed by atoms with Gasteiger partial charge in [0, 0.05) is 16.7 Å². The zero-order chi connectivity index (χ0) is 14.6. The van der Waals surface area contributed by atoms with Gasteiger partial charge in [-0.05, 0) is 51.6 Å². The van der Waals surface area contributed by atoms with E-state index in [1.165, 1.54) is 0 Å². The SMILES string of the molecule is Cc1cc(NC(=O)CN(C)CC(C)(C)O)ccc1Br.